The first-order valence-electron chi connectivity index (χ1n) is 11.9. The molecule has 1 saturated heterocycles. The minimum atomic E-state index is -0.395. The molecule has 2 N–H and O–H groups in total. The van der Waals surface area contributed by atoms with E-state index in [1.165, 1.54) is 11.3 Å². The van der Waals surface area contributed by atoms with E-state index < -0.39 is 5.91 Å². The quantitative estimate of drug-likeness (QED) is 0.389. The Bertz CT molecular complexity index is 1200. The molecular formula is C25H30N4O5S2. The summed E-state index contributed by atoms with van der Waals surface area (Å²) in [6, 6.07) is 9.43. The van der Waals surface area contributed by atoms with Crippen LogP contribution >= 0.6 is 23.6 Å². The molecule has 0 saturated carbocycles. The highest BCUT2D eigenvalue weighted by Crippen LogP contribution is 2.39. The average Bonchev–Trinajstić information content (AvgIpc) is 3.27. The fourth-order valence-corrected chi connectivity index (χ4v) is 4.97. The topological polar surface area (TPSA) is 94.2 Å². The van der Waals surface area contributed by atoms with Crippen LogP contribution in [0.1, 0.15) is 31.1 Å². The van der Waals surface area contributed by atoms with Gasteiger partial charge in [0.05, 0.1) is 43.3 Å². The Kier molecular flexibility index (Phi) is 8.79. The van der Waals surface area contributed by atoms with Crippen LogP contribution in [0.2, 0.25) is 0 Å². The third-order valence-corrected chi connectivity index (χ3v) is 6.50. The average molecular weight is 531 g/mol. The van der Waals surface area contributed by atoms with Crippen molar-refractivity contribution in [1.82, 2.24) is 10.3 Å². The van der Waals surface area contributed by atoms with Crippen LogP contribution in [0.25, 0.3) is 10.2 Å². The monoisotopic (exact) mass is 530 g/mol. The highest BCUT2D eigenvalue weighted by atomic mass is 32.1. The molecule has 1 aromatic heterocycles. The molecule has 1 fully saturated rings. The van der Waals surface area contributed by atoms with Gasteiger partial charge in [0, 0.05) is 24.3 Å². The maximum absolute atomic E-state index is 13.0. The zero-order chi connectivity index (χ0) is 25.5. The Hall–Kier alpha value is -3.15. The van der Waals surface area contributed by atoms with Gasteiger partial charge in [-0.2, -0.15) is 0 Å². The van der Waals surface area contributed by atoms with Crippen LogP contribution in [-0.4, -0.2) is 62.1 Å². The van der Waals surface area contributed by atoms with E-state index in [-0.39, 0.29) is 5.11 Å². The molecule has 192 valence electrons. The number of thiocarbonyl (C=S) groups is 1. The highest BCUT2D eigenvalue weighted by Gasteiger charge is 2.19. The van der Waals surface area contributed by atoms with Crippen molar-refractivity contribution in [3.05, 3.63) is 35.9 Å². The number of thiazole rings is 1. The van der Waals surface area contributed by atoms with E-state index in [0.29, 0.717) is 47.8 Å². The van der Waals surface area contributed by atoms with Gasteiger partial charge in [-0.1, -0.05) is 11.3 Å². The number of carbonyl (C=O) groups is 1. The molecule has 0 radical (unpaired) electrons. The van der Waals surface area contributed by atoms with Gasteiger partial charge in [-0.3, -0.25) is 10.1 Å². The van der Waals surface area contributed by atoms with Crippen LogP contribution < -0.4 is 29.7 Å². The van der Waals surface area contributed by atoms with Crippen molar-refractivity contribution in [1.29, 1.82) is 0 Å². The Morgan fingerprint density at radius 2 is 1.72 bits per heavy atom. The van der Waals surface area contributed by atoms with Crippen LogP contribution in [0.5, 0.6) is 17.2 Å². The Balaban J connectivity index is 1.47. The number of fused-ring (bicyclic) bond motifs is 1. The summed E-state index contributed by atoms with van der Waals surface area (Å²) in [4.78, 5) is 19.9. The number of ether oxygens (including phenoxy) is 4. The zero-order valence-corrected chi connectivity index (χ0v) is 22.2. The van der Waals surface area contributed by atoms with Gasteiger partial charge in [0.2, 0.25) is 5.75 Å². The van der Waals surface area contributed by atoms with Crippen LogP contribution in [-0.2, 0) is 4.74 Å². The van der Waals surface area contributed by atoms with E-state index in [1.54, 1.807) is 12.1 Å². The summed E-state index contributed by atoms with van der Waals surface area (Å²) in [6.07, 6.45) is 0. The fraction of sp³-hybridized carbons (Fsp3) is 0.400. The van der Waals surface area contributed by atoms with Crippen molar-refractivity contribution in [2.75, 3.05) is 56.3 Å². The lowest BCUT2D eigenvalue weighted by Gasteiger charge is -2.28. The summed E-state index contributed by atoms with van der Waals surface area (Å²) < 4.78 is 23.6. The number of nitrogens with one attached hydrogen (secondary N) is 2. The first kappa shape index (κ1) is 25.9. The van der Waals surface area contributed by atoms with Crippen molar-refractivity contribution in [2.24, 2.45) is 0 Å². The van der Waals surface area contributed by atoms with Crippen molar-refractivity contribution in [3.63, 3.8) is 0 Å². The lowest BCUT2D eigenvalue weighted by molar-refractivity contribution is 0.0976. The van der Waals surface area contributed by atoms with E-state index in [9.17, 15) is 4.79 Å². The number of carbonyl (C=O) groups excluding carboxylic acids is 1. The molecule has 0 atom stereocenters. The fourth-order valence-electron chi connectivity index (χ4n) is 3.81. The van der Waals surface area contributed by atoms with Gasteiger partial charge < -0.3 is 29.2 Å². The first-order valence-corrected chi connectivity index (χ1v) is 13.2. The van der Waals surface area contributed by atoms with Crippen molar-refractivity contribution < 1.29 is 23.7 Å². The number of benzene rings is 2. The van der Waals surface area contributed by atoms with Crippen LogP contribution in [0.4, 0.5) is 10.8 Å². The number of hydrogen-bond donors (Lipinski definition) is 2. The lowest BCUT2D eigenvalue weighted by atomic mass is 10.1. The number of aromatic nitrogens is 1. The number of morpholine rings is 1. The van der Waals surface area contributed by atoms with Gasteiger partial charge >= 0.3 is 0 Å². The molecule has 0 bridgehead atoms. The highest BCUT2D eigenvalue weighted by molar-refractivity contribution is 7.80. The van der Waals surface area contributed by atoms with E-state index in [0.717, 1.165) is 42.2 Å². The summed E-state index contributed by atoms with van der Waals surface area (Å²) in [7, 11) is 0. The summed E-state index contributed by atoms with van der Waals surface area (Å²) in [5, 5.41) is 6.50. The van der Waals surface area contributed by atoms with Gasteiger partial charge in [-0.25, -0.2) is 4.98 Å². The zero-order valence-electron chi connectivity index (χ0n) is 20.6. The summed E-state index contributed by atoms with van der Waals surface area (Å²) in [5.41, 5.74) is 2.35. The van der Waals surface area contributed by atoms with Crippen molar-refractivity contribution in [2.45, 2.75) is 20.8 Å². The molecule has 2 heterocycles. The van der Waals surface area contributed by atoms with Gasteiger partial charge in [0.1, 0.15) is 0 Å². The van der Waals surface area contributed by atoms with Crippen LogP contribution in [0.15, 0.2) is 30.3 Å². The Labute approximate surface area is 219 Å². The molecule has 3 aromatic rings. The third-order valence-electron chi connectivity index (χ3n) is 5.37. The predicted octanol–water partition coefficient (Wildman–Crippen LogP) is 4.46. The van der Waals surface area contributed by atoms with E-state index >= 15 is 0 Å². The molecule has 2 aromatic carbocycles. The minimum Gasteiger partial charge on any atom is -0.490 e. The molecule has 0 spiro atoms. The molecule has 36 heavy (non-hydrogen) atoms. The van der Waals surface area contributed by atoms with Crippen LogP contribution in [0, 0.1) is 0 Å². The second-order valence-electron chi connectivity index (χ2n) is 7.78. The number of hydrogen-bond acceptors (Lipinski definition) is 9. The van der Waals surface area contributed by atoms with E-state index in [4.69, 9.17) is 31.2 Å². The molecule has 4 rings (SSSR count). The van der Waals surface area contributed by atoms with Crippen molar-refractivity contribution >= 4 is 55.6 Å². The predicted molar refractivity (Wildman–Crippen MR) is 146 cm³/mol. The maximum Gasteiger partial charge on any atom is 0.257 e. The maximum atomic E-state index is 13.0. The van der Waals surface area contributed by atoms with Crippen LogP contribution in [0.3, 0.4) is 0 Å². The lowest BCUT2D eigenvalue weighted by Crippen LogP contribution is -2.36. The van der Waals surface area contributed by atoms with Gasteiger partial charge in [-0.15, -0.1) is 0 Å². The minimum absolute atomic E-state index is 0.150. The molecule has 9 nitrogen and oxygen atoms in total. The van der Waals surface area contributed by atoms with E-state index in [2.05, 4.69) is 32.7 Å². The van der Waals surface area contributed by atoms with Crippen molar-refractivity contribution in [3.8, 4) is 17.2 Å². The Morgan fingerprint density at radius 3 is 2.36 bits per heavy atom. The number of amides is 1. The molecule has 0 unspecified atom stereocenters. The number of rotatable bonds is 9. The third kappa shape index (κ3) is 6.15. The summed E-state index contributed by atoms with van der Waals surface area (Å²) in [5.74, 6) is 0.964. The SMILES string of the molecule is CCOc1cc(C(=O)NC(=S)Nc2nc3ccc(N4CCOCC4)cc3s2)cc(OCC)c1OCC. The summed E-state index contributed by atoms with van der Waals surface area (Å²) in [6.45, 7) is 10.1. The Morgan fingerprint density at radius 1 is 1.06 bits per heavy atom. The molecule has 1 aliphatic rings. The molecule has 1 amide bonds. The van der Waals surface area contributed by atoms with E-state index in [1.807, 2.05) is 26.8 Å². The van der Waals surface area contributed by atoms with Gasteiger partial charge in [0.15, 0.2) is 21.7 Å². The smallest absolute Gasteiger partial charge is 0.257 e. The summed E-state index contributed by atoms with van der Waals surface area (Å²) >= 11 is 6.87. The number of nitrogens with zero attached hydrogens (tertiary/aromatic N) is 2. The second-order valence-corrected chi connectivity index (χ2v) is 9.22. The number of anilines is 2. The van der Waals surface area contributed by atoms with Gasteiger partial charge in [0.25, 0.3) is 5.91 Å². The largest absolute Gasteiger partial charge is 0.490 e. The standard InChI is InChI=1S/C25H30N4O5S2/c1-4-32-19-13-16(14-20(33-5-2)22(19)34-6-3)23(30)27-24(35)28-25-26-18-8-7-17(15-21(18)36-25)29-9-11-31-12-10-29/h7-8,13-15H,4-6,9-12H2,1-3H3,(H2,26,27,28,30,35). The molecule has 0 aliphatic carbocycles. The molecule has 1 aliphatic heterocycles. The normalized spacial score (nSPS) is 13.4. The molecular weight excluding hydrogens is 500 g/mol. The second kappa shape index (κ2) is 12.2. The first-order chi connectivity index (χ1) is 17.5. The molecule has 11 heteroatoms. The van der Waals surface area contributed by atoms with Gasteiger partial charge in [-0.05, 0) is 63.3 Å².